The molecule has 6 unspecified atom stereocenters. The Balaban J connectivity index is 1.15. The highest BCUT2D eigenvalue weighted by Crippen LogP contribution is 2.65. The van der Waals surface area contributed by atoms with Gasteiger partial charge in [0.15, 0.2) is 0 Å². The lowest BCUT2D eigenvalue weighted by molar-refractivity contribution is -0.143. The smallest absolute Gasteiger partial charge is 0.416 e. The van der Waals surface area contributed by atoms with Crippen molar-refractivity contribution in [2.75, 3.05) is 9.80 Å². The molecule has 310 valence electrons. The van der Waals surface area contributed by atoms with Gasteiger partial charge in [-0.25, -0.2) is 9.80 Å². The highest BCUT2D eigenvalue weighted by Gasteiger charge is 2.68. The molecular weight excluding hydrogens is 902 g/mol. The van der Waals surface area contributed by atoms with Crippen molar-refractivity contribution in [1.82, 2.24) is 9.78 Å². The van der Waals surface area contributed by atoms with Gasteiger partial charge >= 0.3 is 12.4 Å². The molecule has 9 rings (SSSR count). The van der Waals surface area contributed by atoms with Gasteiger partial charge in [0.25, 0.3) is 0 Å². The van der Waals surface area contributed by atoms with Crippen LogP contribution in [0.1, 0.15) is 47.9 Å². The second-order valence-electron chi connectivity index (χ2n) is 15.8. The number of rotatable bonds is 4. The summed E-state index contributed by atoms with van der Waals surface area (Å²) in [4.78, 5) is 60.7. The van der Waals surface area contributed by atoms with Gasteiger partial charge in [-0.15, -0.1) is 11.3 Å². The number of hydrogen-bond donors (Lipinski definition) is 1. The summed E-state index contributed by atoms with van der Waals surface area (Å²) in [5.41, 5.74) is -3.80. The normalized spacial score (nSPS) is 25.6. The number of carbonyl (C=O) groups is 4. The zero-order chi connectivity index (χ0) is 43.1. The van der Waals surface area contributed by atoms with E-state index in [1.807, 2.05) is 19.1 Å². The zero-order valence-corrected chi connectivity index (χ0v) is 34.6. The van der Waals surface area contributed by atoms with Crippen LogP contribution in [0.25, 0.3) is 20.7 Å². The lowest BCUT2D eigenvalue weighted by Crippen LogP contribution is -2.49. The highest BCUT2D eigenvalue weighted by molar-refractivity contribution is 9.10. The number of carbonyl (C=O) groups excluding carboxylic acids is 4. The van der Waals surface area contributed by atoms with Gasteiger partial charge in [0.05, 0.1) is 44.9 Å². The summed E-state index contributed by atoms with van der Waals surface area (Å²) in [7, 11) is 1.59. The van der Waals surface area contributed by atoms with Crippen LogP contribution >= 0.6 is 38.9 Å². The largest absolute Gasteiger partial charge is 0.508 e. The molecule has 0 bridgehead atoms. The maximum absolute atomic E-state index is 15.1. The molecule has 18 heteroatoms. The number of aromatic hydroxyl groups is 1. The molecule has 4 aliphatic rings. The lowest BCUT2D eigenvalue weighted by Gasteiger charge is -2.49. The van der Waals surface area contributed by atoms with Gasteiger partial charge in [-0.3, -0.25) is 23.9 Å². The van der Waals surface area contributed by atoms with Gasteiger partial charge in [-0.2, -0.15) is 31.4 Å². The van der Waals surface area contributed by atoms with Crippen molar-refractivity contribution in [1.29, 1.82) is 0 Å². The summed E-state index contributed by atoms with van der Waals surface area (Å²) >= 11 is 11.2. The van der Waals surface area contributed by atoms with Gasteiger partial charge in [-0.1, -0.05) is 39.2 Å². The molecule has 3 aromatic carbocycles. The first-order valence-electron chi connectivity index (χ1n) is 18.6. The van der Waals surface area contributed by atoms with Crippen molar-refractivity contribution in [3.63, 3.8) is 0 Å². The molecular formula is C42H30BrClF6N4O5S. The van der Waals surface area contributed by atoms with Crippen LogP contribution in [0.5, 0.6) is 5.75 Å². The number of benzene rings is 3. The summed E-state index contributed by atoms with van der Waals surface area (Å²) in [5.74, 6) is -9.06. The minimum absolute atomic E-state index is 0.0857. The Labute approximate surface area is 354 Å². The number of phenols is 1. The Bertz CT molecular complexity index is 2750. The van der Waals surface area contributed by atoms with Crippen molar-refractivity contribution < 1.29 is 50.6 Å². The van der Waals surface area contributed by atoms with Crippen LogP contribution in [0.2, 0.25) is 5.02 Å². The third kappa shape index (κ3) is 5.89. The number of halogens is 8. The molecule has 1 saturated carbocycles. The number of anilines is 2. The molecule has 0 spiro atoms. The predicted octanol–water partition coefficient (Wildman–Crippen LogP) is 10.2. The molecule has 60 heavy (non-hydrogen) atoms. The molecule has 1 N–H and O–H groups in total. The SMILES string of the molecule is Cc1c(-c2cc(N3C(=O)C4CC5C(=CCC6C(=O)N(c7cc(C(F)(F)F)cc(C(F)(F)F)c7)C(=O)C65)C(c5cc(Br)ccc5O)C4(C)C3=O)n(C)n2)sc2ccc(Cl)cc12. The molecule has 9 nitrogen and oxygen atoms in total. The van der Waals surface area contributed by atoms with E-state index in [1.54, 1.807) is 44.3 Å². The first kappa shape index (κ1) is 40.4. The van der Waals surface area contributed by atoms with Crippen LogP contribution < -0.4 is 9.80 Å². The number of imide groups is 2. The van der Waals surface area contributed by atoms with Crippen molar-refractivity contribution in [2.24, 2.45) is 36.1 Å². The number of aryl methyl sites for hydroxylation is 2. The first-order valence-corrected chi connectivity index (χ1v) is 20.6. The number of fused-ring (bicyclic) bond motifs is 5. The molecule has 0 radical (unpaired) electrons. The van der Waals surface area contributed by atoms with E-state index in [9.17, 15) is 45.8 Å². The Morgan fingerprint density at radius 1 is 0.883 bits per heavy atom. The fourth-order valence-corrected chi connectivity index (χ4v) is 11.6. The highest BCUT2D eigenvalue weighted by atomic mass is 79.9. The second kappa shape index (κ2) is 13.5. The number of alkyl halides is 6. The molecule has 2 saturated heterocycles. The van der Waals surface area contributed by atoms with Crippen molar-refractivity contribution in [3.8, 4) is 16.3 Å². The molecule has 2 aliphatic heterocycles. The standard InChI is InChI=1S/C42H30BrClF6N4O5S/c1-17-25-14-21(44)5-9-31(25)60-35(17)29-16-32(52(3)51-29)54-37(57)28-15-26-23(34(40(28,2)39(54)59)27-13-20(43)4-8-30(27)55)6-7-24-33(26)38(58)53(36(24)56)22-11-18(41(45,46)47)10-19(12-22)42(48,49)50/h4-6,8-14,16,24,26,28,33-34,55H,7,15H2,1-3H3. The third-order valence-corrected chi connectivity index (χ3v) is 14.6. The van der Waals surface area contributed by atoms with Crippen LogP contribution in [0.15, 0.2) is 76.8 Å². The summed E-state index contributed by atoms with van der Waals surface area (Å²) < 4.78 is 86.3. The number of nitrogens with zero attached hydrogens (tertiary/aromatic N) is 4. The molecule has 6 atom stereocenters. The third-order valence-electron chi connectivity index (χ3n) is 12.6. The monoisotopic (exact) mass is 930 g/mol. The van der Waals surface area contributed by atoms with Gasteiger partial charge in [-0.05, 0) is 98.2 Å². The van der Waals surface area contributed by atoms with Crippen molar-refractivity contribution >= 4 is 84.1 Å². The maximum Gasteiger partial charge on any atom is 0.416 e. The number of aromatic nitrogens is 2. The van der Waals surface area contributed by atoms with Gasteiger partial charge in [0.2, 0.25) is 23.6 Å². The lowest BCUT2D eigenvalue weighted by atomic mass is 9.51. The van der Waals surface area contributed by atoms with Crippen molar-refractivity contribution in [2.45, 2.75) is 45.0 Å². The Hall–Kier alpha value is -5.00. The average molecular weight is 932 g/mol. The van der Waals surface area contributed by atoms with Crippen LogP contribution in [-0.4, -0.2) is 38.5 Å². The topological polar surface area (TPSA) is 113 Å². The number of hydrogen-bond acceptors (Lipinski definition) is 7. The first-order chi connectivity index (χ1) is 28.1. The molecule has 5 aromatic rings. The minimum atomic E-state index is -5.24. The quantitative estimate of drug-likeness (QED) is 0.109. The van der Waals surface area contributed by atoms with E-state index in [1.165, 1.54) is 22.1 Å². The number of phenolic OH excluding ortho intramolecular Hbond substituents is 1. The number of thiophene rings is 1. The molecule has 4 amide bonds. The predicted molar refractivity (Wildman–Crippen MR) is 213 cm³/mol. The van der Waals surface area contributed by atoms with Gasteiger partial charge in [0, 0.05) is 38.8 Å². The number of amides is 4. The Kier molecular flexibility index (Phi) is 9.09. The molecule has 2 aromatic heterocycles. The summed E-state index contributed by atoms with van der Waals surface area (Å²) in [6.07, 6.45) is -9.14. The van der Waals surface area contributed by atoms with Crippen LogP contribution in [0, 0.1) is 36.0 Å². The van der Waals surface area contributed by atoms with Crippen LogP contribution in [0.3, 0.4) is 0 Å². The minimum Gasteiger partial charge on any atom is -0.508 e. The summed E-state index contributed by atoms with van der Waals surface area (Å²) in [6.45, 7) is 3.52. The second-order valence-corrected chi connectivity index (χ2v) is 18.3. The van der Waals surface area contributed by atoms with E-state index in [0.29, 0.717) is 37.8 Å². The molecule has 4 heterocycles. The summed E-state index contributed by atoms with van der Waals surface area (Å²) in [6, 6.07) is 12.3. The van der Waals surface area contributed by atoms with Gasteiger partial charge < -0.3 is 5.11 Å². The van der Waals surface area contributed by atoms with E-state index < -0.39 is 87.8 Å². The van der Waals surface area contributed by atoms with E-state index in [-0.39, 0.29) is 36.0 Å². The van der Waals surface area contributed by atoms with E-state index in [2.05, 4.69) is 15.9 Å². The van der Waals surface area contributed by atoms with Crippen LogP contribution in [-0.2, 0) is 38.6 Å². The Morgan fingerprint density at radius 3 is 2.23 bits per heavy atom. The Morgan fingerprint density at radius 2 is 1.57 bits per heavy atom. The fourth-order valence-electron chi connectivity index (χ4n) is 9.87. The van der Waals surface area contributed by atoms with E-state index >= 15 is 4.79 Å². The fraction of sp³-hybridized carbons (Fsp3) is 0.310. The average Bonchev–Trinajstić information content (AvgIpc) is 3.85. The molecule has 3 fully saturated rings. The number of allylic oxidation sites excluding steroid dienone is 2. The summed E-state index contributed by atoms with van der Waals surface area (Å²) in [5, 5.41) is 17.5. The zero-order valence-electron chi connectivity index (χ0n) is 31.5. The van der Waals surface area contributed by atoms with Crippen LogP contribution in [0.4, 0.5) is 37.8 Å². The van der Waals surface area contributed by atoms with Crippen molar-refractivity contribution in [3.05, 3.63) is 104 Å². The molecule has 2 aliphatic carbocycles. The van der Waals surface area contributed by atoms with E-state index in [4.69, 9.17) is 16.7 Å². The maximum atomic E-state index is 15.1. The van der Waals surface area contributed by atoms with E-state index in [0.717, 1.165) is 25.4 Å². The van der Waals surface area contributed by atoms with Gasteiger partial charge in [0.1, 0.15) is 17.3 Å².